The van der Waals surface area contributed by atoms with E-state index in [4.69, 9.17) is 5.11 Å². The van der Waals surface area contributed by atoms with E-state index in [0.717, 1.165) is 4.31 Å². The van der Waals surface area contributed by atoms with E-state index in [-0.39, 0.29) is 6.42 Å². The molecule has 1 rings (SSSR count). The average molecular weight is 258 g/mol. The molecule has 2 N–H and O–H groups in total. The van der Waals surface area contributed by atoms with Crippen LogP contribution in [0.5, 0.6) is 0 Å². The lowest BCUT2D eigenvalue weighted by Gasteiger charge is -2.13. The van der Waals surface area contributed by atoms with Gasteiger partial charge in [-0.15, -0.1) is 0 Å². The van der Waals surface area contributed by atoms with E-state index in [0.29, 0.717) is 11.3 Å². The van der Waals surface area contributed by atoms with E-state index in [1.807, 2.05) is 0 Å². The van der Waals surface area contributed by atoms with Gasteiger partial charge in [-0.25, -0.2) is 0 Å². The summed E-state index contributed by atoms with van der Waals surface area (Å²) in [4.78, 5) is 10.5. The molecule has 0 aliphatic rings. The van der Waals surface area contributed by atoms with Crippen LogP contribution in [0.1, 0.15) is 5.56 Å². The van der Waals surface area contributed by atoms with Crippen molar-refractivity contribution in [3.63, 3.8) is 0 Å². The third kappa shape index (κ3) is 4.04. The highest BCUT2D eigenvalue weighted by molar-refractivity contribution is 7.90. The van der Waals surface area contributed by atoms with Crippen LogP contribution in [0.3, 0.4) is 0 Å². The molecule has 0 unspecified atom stereocenters. The first-order valence-electron chi connectivity index (χ1n) is 4.82. The zero-order chi connectivity index (χ0) is 13.1. The molecular weight excluding hydrogens is 244 g/mol. The molecule has 0 heterocycles. The van der Waals surface area contributed by atoms with Gasteiger partial charge in [0.25, 0.3) is 0 Å². The van der Waals surface area contributed by atoms with Crippen molar-refractivity contribution >= 4 is 21.9 Å². The second-order valence-corrected chi connectivity index (χ2v) is 5.54. The van der Waals surface area contributed by atoms with Gasteiger partial charge in [0.1, 0.15) is 0 Å². The van der Waals surface area contributed by atoms with Crippen LogP contribution in [0, 0.1) is 0 Å². The van der Waals surface area contributed by atoms with Crippen molar-refractivity contribution in [1.29, 1.82) is 0 Å². The first-order chi connectivity index (χ1) is 7.81. The smallest absolute Gasteiger partial charge is 0.307 e. The Morgan fingerprint density at radius 1 is 1.41 bits per heavy atom. The van der Waals surface area contributed by atoms with Gasteiger partial charge in [0.05, 0.1) is 12.1 Å². The molecule has 1 aromatic carbocycles. The van der Waals surface area contributed by atoms with Crippen molar-refractivity contribution in [3.05, 3.63) is 29.8 Å². The highest BCUT2D eigenvalue weighted by atomic mass is 32.2. The van der Waals surface area contributed by atoms with Crippen molar-refractivity contribution in [2.75, 3.05) is 18.8 Å². The lowest BCUT2D eigenvalue weighted by atomic mass is 10.1. The van der Waals surface area contributed by atoms with E-state index >= 15 is 0 Å². The zero-order valence-electron chi connectivity index (χ0n) is 9.54. The number of nitrogens with one attached hydrogen (secondary N) is 1. The molecule has 0 aliphatic heterocycles. The third-order valence-electron chi connectivity index (χ3n) is 2.01. The van der Waals surface area contributed by atoms with Crippen LogP contribution in [-0.4, -0.2) is 37.9 Å². The molecule has 0 radical (unpaired) electrons. The number of hydrogen-bond donors (Lipinski definition) is 2. The van der Waals surface area contributed by atoms with E-state index in [2.05, 4.69) is 4.72 Å². The van der Waals surface area contributed by atoms with Crippen LogP contribution < -0.4 is 4.72 Å². The van der Waals surface area contributed by atoms with Crippen molar-refractivity contribution in [2.45, 2.75) is 6.42 Å². The number of hydrogen-bond acceptors (Lipinski definition) is 3. The first kappa shape index (κ1) is 13.5. The Kier molecular flexibility index (Phi) is 4.08. The number of carboxylic acid groups (broad SMARTS) is 1. The normalized spacial score (nSPS) is 11.5. The minimum Gasteiger partial charge on any atom is -0.481 e. The third-order valence-corrected chi connectivity index (χ3v) is 3.46. The Morgan fingerprint density at radius 3 is 2.59 bits per heavy atom. The summed E-state index contributed by atoms with van der Waals surface area (Å²) in [7, 11) is -0.748. The van der Waals surface area contributed by atoms with E-state index in [1.165, 1.54) is 20.2 Å². The Balaban J connectivity index is 2.90. The monoisotopic (exact) mass is 258 g/mol. The van der Waals surface area contributed by atoms with Crippen molar-refractivity contribution in [2.24, 2.45) is 0 Å². The SMILES string of the molecule is CN(C)S(=O)(=O)Nc1cccc(CC(=O)O)c1. The van der Waals surface area contributed by atoms with Crippen LogP contribution in [0.25, 0.3) is 0 Å². The molecular formula is C10H14N2O4S. The van der Waals surface area contributed by atoms with Crippen molar-refractivity contribution < 1.29 is 18.3 Å². The summed E-state index contributed by atoms with van der Waals surface area (Å²) >= 11 is 0. The Morgan fingerprint density at radius 2 is 2.06 bits per heavy atom. The van der Waals surface area contributed by atoms with Crippen LogP contribution in [0.15, 0.2) is 24.3 Å². The van der Waals surface area contributed by atoms with E-state index in [1.54, 1.807) is 18.2 Å². The molecule has 0 saturated carbocycles. The number of nitrogens with zero attached hydrogens (tertiary/aromatic N) is 1. The van der Waals surface area contributed by atoms with Gasteiger partial charge in [0.2, 0.25) is 0 Å². The van der Waals surface area contributed by atoms with Gasteiger partial charge in [0, 0.05) is 14.1 Å². The second kappa shape index (κ2) is 5.15. The molecule has 17 heavy (non-hydrogen) atoms. The maximum Gasteiger partial charge on any atom is 0.307 e. The maximum absolute atomic E-state index is 11.5. The fraction of sp³-hybridized carbons (Fsp3) is 0.300. The fourth-order valence-electron chi connectivity index (χ4n) is 1.16. The lowest BCUT2D eigenvalue weighted by molar-refractivity contribution is -0.136. The van der Waals surface area contributed by atoms with Gasteiger partial charge in [-0.1, -0.05) is 12.1 Å². The van der Waals surface area contributed by atoms with E-state index in [9.17, 15) is 13.2 Å². The first-order valence-corrected chi connectivity index (χ1v) is 6.26. The van der Waals surface area contributed by atoms with Crippen LogP contribution in [-0.2, 0) is 21.4 Å². The van der Waals surface area contributed by atoms with Crippen LogP contribution >= 0.6 is 0 Å². The van der Waals surface area contributed by atoms with Crippen LogP contribution in [0.4, 0.5) is 5.69 Å². The standard InChI is InChI=1S/C10H14N2O4S/c1-12(2)17(15,16)11-9-5-3-4-8(6-9)7-10(13)14/h3-6,11H,7H2,1-2H3,(H,13,14). The summed E-state index contributed by atoms with van der Waals surface area (Å²) in [5, 5.41) is 8.63. The van der Waals surface area contributed by atoms with Gasteiger partial charge >= 0.3 is 16.2 Å². The Hall–Kier alpha value is -1.60. The number of carbonyl (C=O) groups is 1. The van der Waals surface area contributed by atoms with Gasteiger partial charge in [-0.3, -0.25) is 9.52 Å². The highest BCUT2D eigenvalue weighted by Crippen LogP contribution is 2.13. The molecule has 0 aliphatic carbocycles. The molecule has 0 bridgehead atoms. The fourth-order valence-corrected chi connectivity index (χ4v) is 1.77. The van der Waals surface area contributed by atoms with Gasteiger partial charge in [-0.2, -0.15) is 12.7 Å². The Bertz CT molecular complexity index is 511. The molecule has 7 heteroatoms. The maximum atomic E-state index is 11.5. The quantitative estimate of drug-likeness (QED) is 0.806. The summed E-state index contributed by atoms with van der Waals surface area (Å²) in [5.41, 5.74) is 0.883. The van der Waals surface area contributed by atoms with Crippen molar-refractivity contribution in [3.8, 4) is 0 Å². The van der Waals surface area contributed by atoms with Crippen molar-refractivity contribution in [1.82, 2.24) is 4.31 Å². The number of aliphatic carboxylic acids is 1. The average Bonchev–Trinajstić information content (AvgIpc) is 2.15. The largest absolute Gasteiger partial charge is 0.481 e. The minimum absolute atomic E-state index is 0.141. The summed E-state index contributed by atoms with van der Waals surface area (Å²) in [6.45, 7) is 0. The Labute approximate surface area is 100 Å². The molecule has 0 aromatic heterocycles. The van der Waals surface area contributed by atoms with Gasteiger partial charge in [-0.05, 0) is 17.7 Å². The van der Waals surface area contributed by atoms with Gasteiger partial charge < -0.3 is 5.11 Å². The number of carboxylic acids is 1. The van der Waals surface area contributed by atoms with E-state index < -0.39 is 16.2 Å². The van der Waals surface area contributed by atoms with Crippen LogP contribution in [0.2, 0.25) is 0 Å². The molecule has 0 amide bonds. The predicted molar refractivity (Wildman–Crippen MR) is 64.0 cm³/mol. The molecule has 0 fully saturated rings. The summed E-state index contributed by atoms with van der Waals surface area (Å²) < 4.78 is 26.4. The summed E-state index contributed by atoms with van der Waals surface area (Å²) in [6.07, 6.45) is -0.141. The predicted octanol–water partition coefficient (Wildman–Crippen LogP) is 0.532. The summed E-state index contributed by atoms with van der Waals surface area (Å²) in [6, 6.07) is 6.29. The molecule has 0 spiro atoms. The minimum atomic E-state index is -3.56. The second-order valence-electron chi connectivity index (χ2n) is 3.66. The molecule has 6 nitrogen and oxygen atoms in total. The molecule has 0 atom stereocenters. The number of anilines is 1. The molecule has 1 aromatic rings. The highest BCUT2D eigenvalue weighted by Gasteiger charge is 2.13. The van der Waals surface area contributed by atoms with Gasteiger partial charge in [0.15, 0.2) is 0 Å². The zero-order valence-corrected chi connectivity index (χ0v) is 10.4. The molecule has 94 valence electrons. The topological polar surface area (TPSA) is 86.7 Å². The summed E-state index contributed by atoms with van der Waals surface area (Å²) in [5.74, 6) is -0.961. The number of benzene rings is 1. The number of rotatable bonds is 5. The lowest BCUT2D eigenvalue weighted by Crippen LogP contribution is -2.28. The molecule has 0 saturated heterocycles.